The average molecular weight is 200 g/mol. The number of hydrogen-bond acceptors (Lipinski definition) is 3. The Hall–Kier alpha value is -0.610. The lowest BCUT2D eigenvalue weighted by molar-refractivity contribution is -0.141. The predicted molar refractivity (Wildman–Crippen MR) is 55.2 cm³/mol. The van der Waals surface area contributed by atoms with E-state index >= 15 is 0 Å². The molecule has 14 heavy (non-hydrogen) atoms. The molecule has 4 heteroatoms. The van der Waals surface area contributed by atoms with Gasteiger partial charge < -0.3 is 15.0 Å². The molecule has 0 aliphatic carbocycles. The minimum absolute atomic E-state index is 0.0985. The summed E-state index contributed by atoms with van der Waals surface area (Å²) in [4.78, 5) is 13.5. The Kier molecular flexibility index (Phi) is 3.89. The van der Waals surface area contributed by atoms with Gasteiger partial charge >= 0.3 is 0 Å². The van der Waals surface area contributed by atoms with Crippen LogP contribution in [0.15, 0.2) is 0 Å². The third-order valence-corrected chi connectivity index (χ3v) is 2.10. The molecule has 1 N–H and O–H groups in total. The van der Waals surface area contributed by atoms with Crippen LogP contribution < -0.4 is 5.32 Å². The average Bonchev–Trinajstić information content (AvgIpc) is 2.14. The van der Waals surface area contributed by atoms with E-state index in [0.29, 0.717) is 0 Å². The van der Waals surface area contributed by atoms with Gasteiger partial charge in [-0.2, -0.15) is 0 Å². The molecule has 82 valence electrons. The molecule has 0 unspecified atom stereocenters. The third-order valence-electron chi connectivity index (χ3n) is 2.10. The lowest BCUT2D eigenvalue weighted by Gasteiger charge is -2.28. The fourth-order valence-electron chi connectivity index (χ4n) is 1.28. The van der Waals surface area contributed by atoms with Gasteiger partial charge in [0.05, 0.1) is 5.60 Å². The number of hydrogen-bond donors (Lipinski definition) is 1. The zero-order valence-electron chi connectivity index (χ0n) is 9.30. The van der Waals surface area contributed by atoms with E-state index in [4.69, 9.17) is 4.74 Å². The zero-order valence-corrected chi connectivity index (χ0v) is 9.30. The minimum Gasteiger partial charge on any atom is -0.366 e. The molecule has 4 nitrogen and oxygen atoms in total. The lowest BCUT2D eigenvalue weighted by atomic mass is 10.2. The summed E-state index contributed by atoms with van der Waals surface area (Å²) in [5.74, 6) is 0.0985. The monoisotopic (exact) mass is 200 g/mol. The normalized spacial score (nSPS) is 18.4. The molecule has 0 spiro atoms. The Morgan fingerprint density at radius 2 is 1.93 bits per heavy atom. The summed E-state index contributed by atoms with van der Waals surface area (Å²) in [6.07, 6.45) is 0. The second kappa shape index (κ2) is 4.75. The van der Waals surface area contributed by atoms with Gasteiger partial charge in [0.15, 0.2) is 0 Å². The first-order valence-electron chi connectivity index (χ1n) is 5.11. The van der Waals surface area contributed by atoms with Crippen molar-refractivity contribution in [2.75, 3.05) is 32.8 Å². The van der Waals surface area contributed by atoms with E-state index in [2.05, 4.69) is 5.32 Å². The summed E-state index contributed by atoms with van der Waals surface area (Å²) in [5.41, 5.74) is -0.232. The summed E-state index contributed by atoms with van der Waals surface area (Å²) in [7, 11) is 0. The van der Waals surface area contributed by atoms with Crippen LogP contribution in [0.3, 0.4) is 0 Å². The first-order chi connectivity index (χ1) is 6.49. The number of carbonyl (C=O) groups is 1. The van der Waals surface area contributed by atoms with E-state index in [9.17, 15) is 4.79 Å². The molecule has 0 bridgehead atoms. The first-order valence-corrected chi connectivity index (χ1v) is 5.11. The number of amides is 1. The van der Waals surface area contributed by atoms with Crippen molar-refractivity contribution in [1.29, 1.82) is 0 Å². The SMILES string of the molecule is CC(C)(C)OCC(=O)N1CCNCC1. The highest BCUT2D eigenvalue weighted by Crippen LogP contribution is 2.07. The molecule has 0 atom stereocenters. The highest BCUT2D eigenvalue weighted by molar-refractivity contribution is 5.77. The van der Waals surface area contributed by atoms with E-state index < -0.39 is 0 Å². The van der Waals surface area contributed by atoms with Crippen molar-refractivity contribution < 1.29 is 9.53 Å². The zero-order chi connectivity index (χ0) is 10.6. The predicted octanol–water partition coefficient (Wildman–Crippen LogP) is 0.233. The Labute approximate surface area is 85.6 Å². The highest BCUT2D eigenvalue weighted by Gasteiger charge is 2.19. The minimum atomic E-state index is -0.232. The molecule has 1 fully saturated rings. The fourth-order valence-corrected chi connectivity index (χ4v) is 1.28. The van der Waals surface area contributed by atoms with Gasteiger partial charge in [0.1, 0.15) is 6.61 Å². The Morgan fingerprint density at radius 3 is 2.43 bits per heavy atom. The molecular formula is C10H20N2O2. The Morgan fingerprint density at radius 1 is 1.36 bits per heavy atom. The van der Waals surface area contributed by atoms with Crippen LogP contribution in [0.5, 0.6) is 0 Å². The summed E-state index contributed by atoms with van der Waals surface area (Å²) in [5, 5.41) is 3.21. The van der Waals surface area contributed by atoms with Gasteiger partial charge in [0.2, 0.25) is 5.91 Å². The maximum Gasteiger partial charge on any atom is 0.248 e. The standard InChI is InChI=1S/C10H20N2O2/c1-10(2,3)14-8-9(13)12-6-4-11-5-7-12/h11H,4-8H2,1-3H3. The molecule has 1 amide bonds. The maximum absolute atomic E-state index is 11.6. The van der Waals surface area contributed by atoms with Gasteiger partial charge in [-0.1, -0.05) is 0 Å². The van der Waals surface area contributed by atoms with Crippen LogP contribution >= 0.6 is 0 Å². The van der Waals surface area contributed by atoms with Crippen LogP contribution in [0, 0.1) is 0 Å². The van der Waals surface area contributed by atoms with E-state index in [1.54, 1.807) is 0 Å². The molecule has 0 aromatic carbocycles. The second-order valence-electron chi connectivity index (χ2n) is 4.53. The van der Waals surface area contributed by atoms with Crippen LogP contribution in [0.4, 0.5) is 0 Å². The third kappa shape index (κ3) is 4.07. The van der Waals surface area contributed by atoms with Crippen LogP contribution in [0.2, 0.25) is 0 Å². The Bertz CT molecular complexity index is 193. The quantitative estimate of drug-likeness (QED) is 0.694. The van der Waals surface area contributed by atoms with Crippen LogP contribution in [0.1, 0.15) is 20.8 Å². The lowest BCUT2D eigenvalue weighted by Crippen LogP contribution is -2.48. The number of piperazine rings is 1. The van der Waals surface area contributed by atoms with E-state index in [1.165, 1.54) is 0 Å². The van der Waals surface area contributed by atoms with E-state index in [-0.39, 0.29) is 18.1 Å². The first kappa shape index (κ1) is 11.5. The molecular weight excluding hydrogens is 180 g/mol. The summed E-state index contributed by atoms with van der Waals surface area (Å²) < 4.78 is 5.43. The van der Waals surface area contributed by atoms with Gasteiger partial charge in [-0.05, 0) is 20.8 Å². The molecule has 1 heterocycles. The van der Waals surface area contributed by atoms with Gasteiger partial charge in [-0.3, -0.25) is 4.79 Å². The van der Waals surface area contributed by atoms with Crippen molar-refractivity contribution in [3.05, 3.63) is 0 Å². The number of carbonyl (C=O) groups excluding carboxylic acids is 1. The van der Waals surface area contributed by atoms with E-state index in [0.717, 1.165) is 26.2 Å². The molecule has 0 aromatic rings. The highest BCUT2D eigenvalue weighted by atomic mass is 16.5. The van der Waals surface area contributed by atoms with Crippen molar-refractivity contribution in [1.82, 2.24) is 10.2 Å². The fraction of sp³-hybridized carbons (Fsp3) is 0.900. The second-order valence-corrected chi connectivity index (χ2v) is 4.53. The number of ether oxygens (including phenoxy) is 1. The molecule has 0 saturated carbocycles. The van der Waals surface area contributed by atoms with Crippen molar-refractivity contribution in [2.24, 2.45) is 0 Å². The largest absolute Gasteiger partial charge is 0.366 e. The molecule has 1 saturated heterocycles. The molecule has 1 aliphatic heterocycles. The van der Waals surface area contributed by atoms with Crippen molar-refractivity contribution in [3.63, 3.8) is 0 Å². The molecule has 1 aliphatic rings. The summed E-state index contributed by atoms with van der Waals surface area (Å²) >= 11 is 0. The maximum atomic E-state index is 11.6. The molecule has 0 radical (unpaired) electrons. The van der Waals surface area contributed by atoms with Crippen molar-refractivity contribution in [2.45, 2.75) is 26.4 Å². The summed E-state index contributed by atoms with van der Waals surface area (Å²) in [6, 6.07) is 0. The number of nitrogens with one attached hydrogen (secondary N) is 1. The van der Waals surface area contributed by atoms with E-state index in [1.807, 2.05) is 25.7 Å². The van der Waals surface area contributed by atoms with Crippen LogP contribution in [0.25, 0.3) is 0 Å². The van der Waals surface area contributed by atoms with Crippen LogP contribution in [-0.4, -0.2) is 49.2 Å². The summed E-state index contributed by atoms with van der Waals surface area (Å²) in [6.45, 7) is 9.44. The Balaban J connectivity index is 2.27. The number of rotatable bonds is 2. The van der Waals surface area contributed by atoms with Crippen molar-refractivity contribution in [3.8, 4) is 0 Å². The van der Waals surface area contributed by atoms with Gasteiger partial charge in [-0.15, -0.1) is 0 Å². The molecule has 1 rings (SSSR count). The van der Waals surface area contributed by atoms with Crippen molar-refractivity contribution >= 4 is 5.91 Å². The van der Waals surface area contributed by atoms with Crippen LogP contribution in [-0.2, 0) is 9.53 Å². The topological polar surface area (TPSA) is 41.6 Å². The number of nitrogens with zero attached hydrogens (tertiary/aromatic N) is 1. The smallest absolute Gasteiger partial charge is 0.248 e. The van der Waals surface area contributed by atoms with Gasteiger partial charge in [-0.25, -0.2) is 0 Å². The van der Waals surface area contributed by atoms with Gasteiger partial charge in [0, 0.05) is 26.2 Å². The molecule has 0 aromatic heterocycles. The van der Waals surface area contributed by atoms with Gasteiger partial charge in [0.25, 0.3) is 0 Å².